The highest BCUT2D eigenvalue weighted by Crippen LogP contribution is 2.35. The van der Waals surface area contributed by atoms with Gasteiger partial charge in [-0.2, -0.15) is 0 Å². The molecule has 0 amide bonds. The van der Waals surface area contributed by atoms with Crippen molar-refractivity contribution in [1.29, 1.82) is 0 Å². The molecule has 1 N–H and O–H groups in total. The molecule has 2 fully saturated rings. The van der Waals surface area contributed by atoms with Crippen LogP contribution in [0.5, 0.6) is 0 Å². The van der Waals surface area contributed by atoms with Crippen LogP contribution in [0.4, 0.5) is 0 Å². The Bertz CT molecular complexity index is 399. The Labute approximate surface area is 107 Å². The molecule has 1 aromatic rings. The van der Waals surface area contributed by atoms with Gasteiger partial charge in [0.05, 0.1) is 6.61 Å². The van der Waals surface area contributed by atoms with E-state index in [0.29, 0.717) is 0 Å². The summed E-state index contributed by atoms with van der Waals surface area (Å²) in [5.41, 5.74) is 1.34. The molecule has 1 heterocycles. The van der Waals surface area contributed by atoms with E-state index in [4.69, 9.17) is 16.3 Å². The summed E-state index contributed by atoms with van der Waals surface area (Å²) in [5.74, 6) is 0.825. The minimum absolute atomic E-state index is 0.104. The fraction of sp³-hybridized carbons (Fsp3) is 0.571. The number of ether oxygens (including phenoxy) is 1. The highest BCUT2D eigenvalue weighted by Gasteiger charge is 2.40. The minimum atomic E-state index is 0.104. The van der Waals surface area contributed by atoms with Crippen molar-refractivity contribution in [2.75, 3.05) is 26.3 Å². The summed E-state index contributed by atoms with van der Waals surface area (Å²) < 4.78 is 5.88. The molecular formula is C14H18ClNO. The van der Waals surface area contributed by atoms with E-state index in [1.165, 1.54) is 18.4 Å². The monoisotopic (exact) mass is 251 g/mol. The Hall–Kier alpha value is -0.570. The second-order valence-electron chi connectivity index (χ2n) is 5.32. The first-order valence-corrected chi connectivity index (χ1v) is 6.71. The van der Waals surface area contributed by atoms with E-state index in [9.17, 15) is 0 Å². The SMILES string of the molecule is Clc1ccccc1C1(COCC2CC2)CNC1. The van der Waals surface area contributed by atoms with Crippen LogP contribution < -0.4 is 5.32 Å². The van der Waals surface area contributed by atoms with Crippen LogP contribution in [0.1, 0.15) is 18.4 Å². The molecule has 1 saturated carbocycles. The van der Waals surface area contributed by atoms with Gasteiger partial charge in [-0.15, -0.1) is 0 Å². The molecule has 1 saturated heterocycles. The smallest absolute Gasteiger partial charge is 0.0588 e. The van der Waals surface area contributed by atoms with E-state index in [0.717, 1.165) is 37.2 Å². The van der Waals surface area contributed by atoms with Crippen LogP contribution in [-0.4, -0.2) is 26.3 Å². The van der Waals surface area contributed by atoms with Gasteiger partial charge in [0.15, 0.2) is 0 Å². The second-order valence-corrected chi connectivity index (χ2v) is 5.73. The number of nitrogens with one attached hydrogen (secondary N) is 1. The van der Waals surface area contributed by atoms with Crippen molar-refractivity contribution in [2.24, 2.45) is 5.92 Å². The molecule has 17 heavy (non-hydrogen) atoms. The first kappa shape index (κ1) is 11.5. The largest absolute Gasteiger partial charge is 0.380 e. The predicted octanol–water partition coefficient (Wildman–Crippen LogP) is 2.61. The standard InChI is InChI=1S/C14H18ClNO/c15-13-4-2-1-3-12(13)14(8-16-9-14)10-17-7-11-5-6-11/h1-4,11,16H,5-10H2. The fourth-order valence-corrected chi connectivity index (χ4v) is 2.73. The third kappa shape index (κ3) is 2.35. The molecule has 3 rings (SSSR count). The maximum atomic E-state index is 6.29. The molecule has 1 aliphatic carbocycles. The van der Waals surface area contributed by atoms with Gasteiger partial charge < -0.3 is 10.1 Å². The van der Waals surface area contributed by atoms with Crippen molar-refractivity contribution in [3.8, 4) is 0 Å². The zero-order valence-corrected chi connectivity index (χ0v) is 10.7. The van der Waals surface area contributed by atoms with Gasteiger partial charge in [-0.1, -0.05) is 29.8 Å². The molecule has 92 valence electrons. The van der Waals surface area contributed by atoms with Crippen LogP contribution in [0.15, 0.2) is 24.3 Å². The van der Waals surface area contributed by atoms with Gasteiger partial charge >= 0.3 is 0 Å². The van der Waals surface area contributed by atoms with Crippen LogP contribution in [0.25, 0.3) is 0 Å². The second kappa shape index (κ2) is 4.60. The summed E-state index contributed by atoms with van der Waals surface area (Å²) in [7, 11) is 0. The van der Waals surface area contributed by atoms with Crippen LogP contribution in [0.3, 0.4) is 0 Å². The van der Waals surface area contributed by atoms with Gasteiger partial charge in [0.25, 0.3) is 0 Å². The van der Waals surface area contributed by atoms with Gasteiger partial charge in [-0.05, 0) is 30.4 Å². The Morgan fingerprint density at radius 1 is 1.29 bits per heavy atom. The van der Waals surface area contributed by atoms with Crippen LogP contribution in [-0.2, 0) is 10.2 Å². The van der Waals surface area contributed by atoms with Gasteiger partial charge in [0, 0.05) is 30.1 Å². The van der Waals surface area contributed by atoms with Gasteiger partial charge in [-0.3, -0.25) is 0 Å². The molecule has 1 aromatic carbocycles. The van der Waals surface area contributed by atoms with E-state index in [-0.39, 0.29) is 5.41 Å². The summed E-state index contributed by atoms with van der Waals surface area (Å²) in [6, 6.07) is 8.14. The van der Waals surface area contributed by atoms with E-state index in [2.05, 4.69) is 17.4 Å². The van der Waals surface area contributed by atoms with E-state index in [1.54, 1.807) is 0 Å². The van der Waals surface area contributed by atoms with Crippen molar-refractivity contribution in [3.05, 3.63) is 34.9 Å². The summed E-state index contributed by atoms with van der Waals surface area (Å²) in [6.07, 6.45) is 2.69. The van der Waals surface area contributed by atoms with Crippen molar-refractivity contribution in [1.82, 2.24) is 5.32 Å². The first-order chi connectivity index (χ1) is 8.30. The molecular weight excluding hydrogens is 234 g/mol. The Kier molecular flexibility index (Phi) is 3.12. The minimum Gasteiger partial charge on any atom is -0.380 e. The maximum Gasteiger partial charge on any atom is 0.0588 e. The molecule has 0 radical (unpaired) electrons. The number of benzene rings is 1. The van der Waals surface area contributed by atoms with Gasteiger partial charge in [0.1, 0.15) is 0 Å². The summed E-state index contributed by atoms with van der Waals surface area (Å²) >= 11 is 6.29. The van der Waals surface area contributed by atoms with Crippen LogP contribution >= 0.6 is 11.6 Å². The summed E-state index contributed by atoms with van der Waals surface area (Å²) in [6.45, 7) is 3.66. The van der Waals surface area contributed by atoms with Crippen molar-refractivity contribution >= 4 is 11.6 Å². The lowest BCUT2D eigenvalue weighted by Gasteiger charge is -2.43. The first-order valence-electron chi connectivity index (χ1n) is 6.34. The highest BCUT2D eigenvalue weighted by atomic mass is 35.5. The van der Waals surface area contributed by atoms with Crippen molar-refractivity contribution < 1.29 is 4.74 Å². The zero-order chi connectivity index (χ0) is 11.7. The Morgan fingerprint density at radius 2 is 2.06 bits per heavy atom. The molecule has 0 bridgehead atoms. The number of hydrogen-bond acceptors (Lipinski definition) is 2. The third-order valence-electron chi connectivity index (χ3n) is 3.80. The normalized spacial score (nSPS) is 22.2. The van der Waals surface area contributed by atoms with Crippen LogP contribution in [0, 0.1) is 5.92 Å². The van der Waals surface area contributed by atoms with Crippen molar-refractivity contribution in [2.45, 2.75) is 18.3 Å². The Balaban J connectivity index is 1.69. The molecule has 0 aromatic heterocycles. The lowest BCUT2D eigenvalue weighted by molar-refractivity contribution is 0.0515. The molecule has 3 heteroatoms. The topological polar surface area (TPSA) is 21.3 Å². The van der Waals surface area contributed by atoms with Gasteiger partial charge in [0.2, 0.25) is 0 Å². The quantitative estimate of drug-likeness (QED) is 0.869. The number of rotatable bonds is 5. The van der Waals surface area contributed by atoms with E-state index >= 15 is 0 Å². The average Bonchev–Trinajstić information content (AvgIpc) is 3.07. The number of hydrogen-bond donors (Lipinski definition) is 1. The highest BCUT2D eigenvalue weighted by molar-refractivity contribution is 6.31. The average molecular weight is 252 g/mol. The van der Waals surface area contributed by atoms with E-state index < -0.39 is 0 Å². The third-order valence-corrected chi connectivity index (χ3v) is 4.13. The fourth-order valence-electron chi connectivity index (χ4n) is 2.39. The zero-order valence-electron chi connectivity index (χ0n) is 9.92. The van der Waals surface area contributed by atoms with Crippen LogP contribution in [0.2, 0.25) is 5.02 Å². The van der Waals surface area contributed by atoms with Crippen molar-refractivity contribution in [3.63, 3.8) is 0 Å². The lowest BCUT2D eigenvalue weighted by atomic mass is 9.76. The maximum absolute atomic E-state index is 6.29. The molecule has 2 nitrogen and oxygen atoms in total. The Morgan fingerprint density at radius 3 is 2.65 bits per heavy atom. The molecule has 2 aliphatic rings. The van der Waals surface area contributed by atoms with E-state index in [1.807, 2.05) is 12.1 Å². The summed E-state index contributed by atoms with van der Waals surface area (Å²) in [4.78, 5) is 0. The predicted molar refractivity (Wildman–Crippen MR) is 69.5 cm³/mol. The summed E-state index contributed by atoms with van der Waals surface area (Å²) in [5, 5.41) is 4.21. The molecule has 0 atom stereocenters. The molecule has 0 unspecified atom stereocenters. The lowest BCUT2D eigenvalue weighted by Crippen LogP contribution is -2.59. The number of halogens is 1. The molecule has 1 aliphatic heterocycles. The van der Waals surface area contributed by atoms with Gasteiger partial charge in [-0.25, -0.2) is 0 Å². The molecule has 0 spiro atoms.